The number of para-hydroxylation sites is 1. The van der Waals surface area contributed by atoms with Crippen molar-refractivity contribution in [3.8, 4) is 5.69 Å². The first-order valence-electron chi connectivity index (χ1n) is 6.82. The van der Waals surface area contributed by atoms with E-state index in [1.807, 2.05) is 53.3 Å². The standard InChI is InChI=1S/C17H16FN3/c1-13-7-8-14(11-17(13)18)19-12-15-9-10-21(20-15)16-5-3-2-4-6-16/h2-11,19H,12H2,1H3. The monoisotopic (exact) mass is 281 g/mol. The van der Waals surface area contributed by atoms with Gasteiger partial charge in [-0.1, -0.05) is 24.3 Å². The average molecular weight is 281 g/mol. The van der Waals surface area contributed by atoms with Gasteiger partial charge in [-0.3, -0.25) is 0 Å². The lowest BCUT2D eigenvalue weighted by atomic mass is 10.2. The van der Waals surface area contributed by atoms with Gasteiger partial charge in [0, 0.05) is 11.9 Å². The molecule has 0 amide bonds. The summed E-state index contributed by atoms with van der Waals surface area (Å²) >= 11 is 0. The molecule has 0 aliphatic heterocycles. The highest BCUT2D eigenvalue weighted by molar-refractivity contribution is 5.45. The minimum Gasteiger partial charge on any atom is -0.379 e. The third-order valence-electron chi connectivity index (χ3n) is 3.31. The molecular weight excluding hydrogens is 265 g/mol. The minimum absolute atomic E-state index is 0.199. The summed E-state index contributed by atoms with van der Waals surface area (Å²) in [6.45, 7) is 2.31. The molecule has 0 bridgehead atoms. The molecule has 2 aromatic carbocycles. The van der Waals surface area contributed by atoms with E-state index in [-0.39, 0.29) is 5.82 Å². The molecule has 1 heterocycles. The quantitative estimate of drug-likeness (QED) is 0.785. The molecule has 0 spiro atoms. The van der Waals surface area contributed by atoms with E-state index in [9.17, 15) is 4.39 Å². The predicted octanol–water partition coefficient (Wildman–Crippen LogP) is 3.93. The van der Waals surface area contributed by atoms with Crippen LogP contribution < -0.4 is 5.32 Å². The van der Waals surface area contributed by atoms with E-state index in [2.05, 4.69) is 10.4 Å². The van der Waals surface area contributed by atoms with Crippen LogP contribution >= 0.6 is 0 Å². The first kappa shape index (κ1) is 13.4. The van der Waals surface area contributed by atoms with Gasteiger partial charge in [0.1, 0.15) is 5.82 Å². The van der Waals surface area contributed by atoms with Gasteiger partial charge in [0.15, 0.2) is 0 Å². The molecule has 1 aromatic heterocycles. The first-order valence-corrected chi connectivity index (χ1v) is 6.82. The van der Waals surface area contributed by atoms with E-state index in [0.29, 0.717) is 12.1 Å². The van der Waals surface area contributed by atoms with Gasteiger partial charge in [-0.2, -0.15) is 5.10 Å². The van der Waals surface area contributed by atoms with Gasteiger partial charge < -0.3 is 5.32 Å². The molecule has 0 atom stereocenters. The van der Waals surface area contributed by atoms with Crippen molar-refractivity contribution in [2.24, 2.45) is 0 Å². The molecule has 0 fully saturated rings. The molecule has 4 heteroatoms. The molecule has 0 saturated carbocycles. The smallest absolute Gasteiger partial charge is 0.128 e. The second-order valence-corrected chi connectivity index (χ2v) is 4.90. The number of nitrogens with zero attached hydrogens (tertiary/aromatic N) is 2. The van der Waals surface area contributed by atoms with Gasteiger partial charge in [0.2, 0.25) is 0 Å². The molecule has 106 valence electrons. The lowest BCUT2D eigenvalue weighted by Crippen LogP contribution is -2.02. The van der Waals surface area contributed by atoms with Crippen molar-refractivity contribution in [1.82, 2.24) is 9.78 Å². The van der Waals surface area contributed by atoms with Crippen LogP contribution in [0.4, 0.5) is 10.1 Å². The molecule has 0 saturated heterocycles. The summed E-state index contributed by atoms with van der Waals surface area (Å²) in [5.74, 6) is -0.199. The highest BCUT2D eigenvalue weighted by Crippen LogP contribution is 2.14. The second-order valence-electron chi connectivity index (χ2n) is 4.90. The van der Waals surface area contributed by atoms with Crippen molar-refractivity contribution < 1.29 is 4.39 Å². The minimum atomic E-state index is -0.199. The zero-order valence-corrected chi connectivity index (χ0v) is 11.8. The Kier molecular flexibility index (Phi) is 3.69. The lowest BCUT2D eigenvalue weighted by molar-refractivity contribution is 0.619. The Balaban J connectivity index is 1.69. The molecule has 0 aliphatic rings. The van der Waals surface area contributed by atoms with Crippen LogP contribution in [0.2, 0.25) is 0 Å². The maximum atomic E-state index is 13.5. The molecule has 0 radical (unpaired) electrons. The van der Waals surface area contributed by atoms with Crippen molar-refractivity contribution >= 4 is 5.69 Å². The van der Waals surface area contributed by atoms with Crippen molar-refractivity contribution in [3.63, 3.8) is 0 Å². The highest BCUT2D eigenvalue weighted by Gasteiger charge is 2.02. The highest BCUT2D eigenvalue weighted by atomic mass is 19.1. The van der Waals surface area contributed by atoms with Crippen LogP contribution in [0, 0.1) is 12.7 Å². The topological polar surface area (TPSA) is 29.9 Å². The Hall–Kier alpha value is -2.62. The van der Waals surface area contributed by atoms with Crippen LogP contribution in [0.1, 0.15) is 11.3 Å². The van der Waals surface area contributed by atoms with Crippen LogP contribution in [0.3, 0.4) is 0 Å². The number of aryl methyl sites for hydroxylation is 1. The van der Waals surface area contributed by atoms with Crippen LogP contribution in [0.25, 0.3) is 5.69 Å². The second kappa shape index (κ2) is 5.79. The van der Waals surface area contributed by atoms with Gasteiger partial charge in [-0.15, -0.1) is 0 Å². The van der Waals surface area contributed by atoms with Crippen LogP contribution in [0.5, 0.6) is 0 Å². The summed E-state index contributed by atoms with van der Waals surface area (Å²) in [6, 6.07) is 17.0. The van der Waals surface area contributed by atoms with Crippen molar-refractivity contribution in [3.05, 3.63) is 77.9 Å². The Bertz CT molecular complexity index is 735. The largest absolute Gasteiger partial charge is 0.379 e. The summed E-state index contributed by atoms with van der Waals surface area (Å²) in [4.78, 5) is 0. The fourth-order valence-corrected chi connectivity index (χ4v) is 2.08. The summed E-state index contributed by atoms with van der Waals surface area (Å²) in [5.41, 5.74) is 3.33. The molecule has 0 aliphatic carbocycles. The van der Waals surface area contributed by atoms with Gasteiger partial charge >= 0.3 is 0 Å². The van der Waals surface area contributed by atoms with E-state index >= 15 is 0 Å². The maximum absolute atomic E-state index is 13.5. The number of benzene rings is 2. The van der Waals surface area contributed by atoms with Crippen LogP contribution in [-0.2, 0) is 6.54 Å². The summed E-state index contributed by atoms with van der Waals surface area (Å²) in [7, 11) is 0. The number of halogens is 1. The summed E-state index contributed by atoms with van der Waals surface area (Å²) < 4.78 is 15.3. The van der Waals surface area contributed by atoms with Crippen molar-refractivity contribution in [2.75, 3.05) is 5.32 Å². The number of rotatable bonds is 4. The van der Waals surface area contributed by atoms with E-state index < -0.39 is 0 Å². The van der Waals surface area contributed by atoms with Crippen molar-refractivity contribution in [2.45, 2.75) is 13.5 Å². The van der Waals surface area contributed by atoms with Crippen LogP contribution in [0.15, 0.2) is 60.8 Å². The number of hydrogen-bond donors (Lipinski definition) is 1. The first-order chi connectivity index (χ1) is 10.2. The number of aromatic nitrogens is 2. The molecule has 3 aromatic rings. The fraction of sp³-hybridized carbons (Fsp3) is 0.118. The number of hydrogen-bond acceptors (Lipinski definition) is 2. The number of nitrogens with one attached hydrogen (secondary N) is 1. The average Bonchev–Trinajstić information content (AvgIpc) is 2.98. The molecule has 3 nitrogen and oxygen atoms in total. The molecule has 1 N–H and O–H groups in total. The Morgan fingerprint density at radius 1 is 1.10 bits per heavy atom. The van der Waals surface area contributed by atoms with Gasteiger partial charge in [-0.25, -0.2) is 9.07 Å². The van der Waals surface area contributed by atoms with Crippen LogP contribution in [-0.4, -0.2) is 9.78 Å². The Morgan fingerprint density at radius 2 is 1.90 bits per heavy atom. The zero-order chi connectivity index (χ0) is 14.7. The molecular formula is C17H16FN3. The lowest BCUT2D eigenvalue weighted by Gasteiger charge is -2.06. The van der Waals surface area contributed by atoms with Gasteiger partial charge in [-0.05, 0) is 42.8 Å². The van der Waals surface area contributed by atoms with E-state index in [1.54, 1.807) is 13.0 Å². The summed E-state index contributed by atoms with van der Waals surface area (Å²) in [5, 5.41) is 7.67. The third kappa shape index (κ3) is 3.11. The zero-order valence-electron chi connectivity index (χ0n) is 11.8. The SMILES string of the molecule is Cc1ccc(NCc2ccn(-c3ccccc3)n2)cc1F. The predicted molar refractivity (Wildman–Crippen MR) is 82.0 cm³/mol. The molecule has 21 heavy (non-hydrogen) atoms. The van der Waals surface area contributed by atoms with Crippen molar-refractivity contribution in [1.29, 1.82) is 0 Å². The van der Waals surface area contributed by atoms with E-state index in [0.717, 1.165) is 17.1 Å². The fourth-order valence-electron chi connectivity index (χ4n) is 2.08. The van der Waals surface area contributed by atoms with Gasteiger partial charge in [0.05, 0.1) is 17.9 Å². The summed E-state index contributed by atoms with van der Waals surface area (Å²) in [6.07, 6.45) is 1.92. The molecule has 0 unspecified atom stereocenters. The third-order valence-corrected chi connectivity index (χ3v) is 3.31. The maximum Gasteiger partial charge on any atom is 0.128 e. The van der Waals surface area contributed by atoms with E-state index in [1.165, 1.54) is 6.07 Å². The normalized spacial score (nSPS) is 10.6. The Morgan fingerprint density at radius 3 is 2.67 bits per heavy atom. The van der Waals surface area contributed by atoms with Gasteiger partial charge in [0.25, 0.3) is 0 Å². The Labute approximate surface area is 123 Å². The molecule has 3 rings (SSSR count). The number of anilines is 1. The van der Waals surface area contributed by atoms with E-state index in [4.69, 9.17) is 0 Å².